The molecule has 3 aromatic carbocycles. The molecule has 2 nitrogen and oxygen atoms in total. The first kappa shape index (κ1) is 28.5. The predicted molar refractivity (Wildman–Crippen MR) is 168 cm³/mol. The molecule has 2 heterocycles. The van der Waals surface area contributed by atoms with E-state index in [4.69, 9.17) is 9.47 Å². The van der Waals surface area contributed by atoms with Gasteiger partial charge >= 0.3 is 0 Å². The van der Waals surface area contributed by atoms with Gasteiger partial charge in [0, 0.05) is 18.3 Å². The van der Waals surface area contributed by atoms with Crippen LogP contribution in [0.5, 0.6) is 0 Å². The second-order valence-electron chi connectivity index (χ2n) is 13.9. The Morgan fingerprint density at radius 3 is 1.95 bits per heavy atom. The Kier molecular flexibility index (Phi) is 7.64. The van der Waals surface area contributed by atoms with Crippen LogP contribution in [0.2, 0.25) is 0 Å². The van der Waals surface area contributed by atoms with Gasteiger partial charge in [-0.15, -0.1) is 0 Å². The van der Waals surface area contributed by atoms with Crippen LogP contribution in [-0.4, -0.2) is 29.3 Å². The first-order chi connectivity index (χ1) is 18.4. The molecule has 0 saturated carbocycles. The van der Waals surface area contributed by atoms with E-state index in [1.165, 1.54) is 38.7 Å². The van der Waals surface area contributed by atoms with Crippen LogP contribution in [0, 0.1) is 12.3 Å². The Balaban J connectivity index is 1.66. The van der Waals surface area contributed by atoms with E-state index in [-0.39, 0.29) is 15.7 Å². The molecule has 2 saturated heterocycles. The molecule has 0 atom stereocenters. The van der Waals surface area contributed by atoms with Gasteiger partial charge in [0.05, 0.1) is 13.2 Å². The molecule has 0 aliphatic carbocycles. The Hall–Kier alpha value is -1.99. The molecular formula is C36H47O2P. The van der Waals surface area contributed by atoms with Gasteiger partial charge in [-0.3, -0.25) is 0 Å². The van der Waals surface area contributed by atoms with Crippen molar-refractivity contribution in [3.63, 3.8) is 0 Å². The van der Waals surface area contributed by atoms with Crippen molar-refractivity contribution in [3.8, 4) is 22.3 Å². The van der Waals surface area contributed by atoms with Crippen LogP contribution in [0.3, 0.4) is 0 Å². The SMILES string of the molecule is CCCc1cc(C)cc(-c2ccccc2)c1-c1ccccc1P1C(C)(C)CC2(CC1(C)C)OCC(C)(C)CO2. The second-order valence-corrected chi connectivity index (χ2v) is 17.5. The van der Waals surface area contributed by atoms with Crippen LogP contribution in [0.25, 0.3) is 22.3 Å². The average molecular weight is 543 g/mol. The van der Waals surface area contributed by atoms with Gasteiger partial charge in [-0.2, -0.15) is 0 Å². The maximum Gasteiger partial charge on any atom is 0.170 e. The smallest absolute Gasteiger partial charge is 0.170 e. The van der Waals surface area contributed by atoms with E-state index in [0.717, 1.165) is 38.9 Å². The highest BCUT2D eigenvalue weighted by atomic mass is 31.1. The van der Waals surface area contributed by atoms with Crippen molar-refractivity contribution in [2.24, 2.45) is 5.41 Å². The standard InChI is InChI=1S/C36H47O2P/c1-9-15-28-20-26(2)21-30(27-16-11-10-12-17-27)32(28)29-18-13-14-19-31(29)39-34(5,6)22-36(23-35(39,7)8)37-24-33(3,4)25-38-36/h10-14,16-21H,9,15,22-25H2,1-8H3. The molecule has 2 aliphatic heterocycles. The topological polar surface area (TPSA) is 18.5 Å². The van der Waals surface area contributed by atoms with Crippen molar-refractivity contribution in [1.29, 1.82) is 0 Å². The Bertz CT molecular complexity index is 1290. The van der Waals surface area contributed by atoms with E-state index in [1.54, 1.807) is 0 Å². The summed E-state index contributed by atoms with van der Waals surface area (Å²) < 4.78 is 13.2. The summed E-state index contributed by atoms with van der Waals surface area (Å²) in [5, 5.41) is 1.63. The number of hydrogen-bond acceptors (Lipinski definition) is 2. The maximum atomic E-state index is 6.62. The molecule has 0 amide bonds. The number of hydrogen-bond donors (Lipinski definition) is 0. The fourth-order valence-electron chi connectivity index (χ4n) is 7.32. The third kappa shape index (κ3) is 5.63. The van der Waals surface area contributed by atoms with E-state index in [9.17, 15) is 0 Å². The molecule has 2 aliphatic rings. The van der Waals surface area contributed by atoms with E-state index in [0.29, 0.717) is 0 Å². The molecule has 0 unspecified atom stereocenters. The summed E-state index contributed by atoms with van der Waals surface area (Å²) >= 11 is 0. The minimum atomic E-state index is -0.543. The molecule has 39 heavy (non-hydrogen) atoms. The highest BCUT2D eigenvalue weighted by Crippen LogP contribution is 2.69. The third-order valence-electron chi connectivity index (χ3n) is 8.45. The molecule has 2 fully saturated rings. The van der Waals surface area contributed by atoms with Gasteiger partial charge in [-0.1, -0.05) is 135 Å². The molecular weight excluding hydrogens is 495 g/mol. The van der Waals surface area contributed by atoms with Crippen molar-refractivity contribution < 1.29 is 9.47 Å². The lowest BCUT2D eigenvalue weighted by atomic mass is 9.87. The molecule has 3 aromatic rings. The van der Waals surface area contributed by atoms with Crippen LogP contribution >= 0.6 is 7.92 Å². The number of rotatable bonds is 5. The van der Waals surface area contributed by atoms with Gasteiger partial charge in [-0.05, 0) is 56.8 Å². The van der Waals surface area contributed by atoms with Crippen LogP contribution in [0.15, 0.2) is 66.7 Å². The summed E-state index contributed by atoms with van der Waals surface area (Å²) in [6.07, 6.45) is 4.07. The first-order valence-corrected chi connectivity index (χ1v) is 16.1. The monoisotopic (exact) mass is 542 g/mol. The van der Waals surface area contributed by atoms with E-state index in [1.807, 2.05) is 0 Å². The number of benzene rings is 3. The fourth-order valence-corrected chi connectivity index (χ4v) is 11.7. The summed E-state index contributed by atoms with van der Waals surface area (Å²) in [7, 11) is -0.543. The van der Waals surface area contributed by atoms with Crippen molar-refractivity contribution in [2.75, 3.05) is 13.2 Å². The van der Waals surface area contributed by atoms with E-state index in [2.05, 4.69) is 122 Å². The minimum Gasteiger partial charge on any atom is -0.349 e. The number of ether oxygens (including phenoxy) is 2. The van der Waals surface area contributed by atoms with Gasteiger partial charge in [0.1, 0.15) is 0 Å². The summed E-state index contributed by atoms with van der Waals surface area (Å²) in [4.78, 5) is 0. The predicted octanol–water partition coefficient (Wildman–Crippen LogP) is 9.51. The second kappa shape index (κ2) is 10.4. The molecule has 3 heteroatoms. The molecule has 5 rings (SSSR count). The Morgan fingerprint density at radius 1 is 0.744 bits per heavy atom. The maximum absolute atomic E-state index is 6.62. The molecule has 0 aromatic heterocycles. The van der Waals surface area contributed by atoms with Crippen LogP contribution in [-0.2, 0) is 15.9 Å². The quantitative estimate of drug-likeness (QED) is 0.299. The van der Waals surface area contributed by atoms with Crippen molar-refractivity contribution in [3.05, 3.63) is 77.9 Å². The van der Waals surface area contributed by atoms with Gasteiger partial charge in [-0.25, -0.2) is 0 Å². The largest absolute Gasteiger partial charge is 0.349 e. The highest BCUT2D eigenvalue weighted by Gasteiger charge is 2.57. The van der Waals surface area contributed by atoms with E-state index >= 15 is 0 Å². The summed E-state index contributed by atoms with van der Waals surface area (Å²) in [5.41, 5.74) is 8.35. The van der Waals surface area contributed by atoms with Crippen molar-refractivity contribution in [2.45, 2.75) is 97.2 Å². The first-order valence-electron chi connectivity index (χ1n) is 14.7. The van der Waals surface area contributed by atoms with Crippen LogP contribution in [0.4, 0.5) is 0 Å². The average Bonchev–Trinajstić information content (AvgIpc) is 2.86. The molecule has 0 N–H and O–H groups in total. The van der Waals surface area contributed by atoms with Gasteiger partial charge < -0.3 is 9.47 Å². The van der Waals surface area contributed by atoms with Gasteiger partial charge in [0.15, 0.2) is 5.79 Å². The van der Waals surface area contributed by atoms with Gasteiger partial charge in [0.25, 0.3) is 0 Å². The molecule has 0 bridgehead atoms. The zero-order chi connectivity index (χ0) is 28.1. The number of aryl methyl sites for hydroxylation is 2. The summed E-state index contributed by atoms with van der Waals surface area (Å²) in [6, 6.07) is 25.1. The van der Waals surface area contributed by atoms with Crippen LogP contribution < -0.4 is 5.30 Å². The lowest BCUT2D eigenvalue weighted by Crippen LogP contribution is -2.58. The Morgan fingerprint density at radius 2 is 1.33 bits per heavy atom. The molecule has 208 valence electrons. The van der Waals surface area contributed by atoms with Gasteiger partial charge in [0.2, 0.25) is 0 Å². The zero-order valence-electron chi connectivity index (χ0n) is 25.4. The Labute approximate surface area is 238 Å². The van der Waals surface area contributed by atoms with Crippen LogP contribution in [0.1, 0.15) is 78.9 Å². The lowest BCUT2D eigenvalue weighted by molar-refractivity contribution is -0.310. The van der Waals surface area contributed by atoms with Crippen molar-refractivity contribution in [1.82, 2.24) is 0 Å². The highest BCUT2D eigenvalue weighted by molar-refractivity contribution is 7.69. The lowest BCUT2D eigenvalue weighted by Gasteiger charge is -2.59. The van der Waals surface area contributed by atoms with E-state index < -0.39 is 13.7 Å². The zero-order valence-corrected chi connectivity index (χ0v) is 26.3. The minimum absolute atomic E-state index is 0.0528. The molecule has 1 spiro atoms. The third-order valence-corrected chi connectivity index (χ3v) is 12.1. The molecule has 0 radical (unpaired) electrons. The normalized spacial score (nSPS) is 21.6. The van der Waals surface area contributed by atoms with Crippen molar-refractivity contribution >= 4 is 13.2 Å². The summed E-state index contributed by atoms with van der Waals surface area (Å²) in [6.45, 7) is 20.4. The summed E-state index contributed by atoms with van der Waals surface area (Å²) in [5.74, 6) is -0.483. The fraction of sp³-hybridized carbons (Fsp3) is 0.500.